The molecule has 1 N–H and O–H groups in total. The Bertz CT molecular complexity index is 544. The molecule has 2 nitrogen and oxygen atoms in total. The van der Waals surface area contributed by atoms with Gasteiger partial charge in [-0.15, -0.1) is 0 Å². The van der Waals surface area contributed by atoms with Gasteiger partial charge in [0.1, 0.15) is 0 Å². The minimum Gasteiger partial charge on any atom is -0.314 e. The molecule has 0 saturated heterocycles. The van der Waals surface area contributed by atoms with Gasteiger partial charge in [-0.3, -0.25) is 4.79 Å². The quantitative estimate of drug-likeness (QED) is 0.391. The molecule has 1 unspecified atom stereocenters. The van der Waals surface area contributed by atoms with Gasteiger partial charge in [0, 0.05) is 10.5 Å². The normalized spacial score (nSPS) is 13.6. The van der Waals surface area contributed by atoms with Crippen LogP contribution in [-0.2, 0) is 9.92 Å². The molecule has 4 heteroatoms. The molecule has 0 fully saturated rings. The molecule has 0 spiro atoms. The summed E-state index contributed by atoms with van der Waals surface area (Å²) in [4.78, 5) is 11.4. The van der Waals surface area contributed by atoms with E-state index in [1.165, 1.54) is 0 Å². The number of nitrogens with one attached hydrogen (secondary N) is 1. The third-order valence-corrected chi connectivity index (χ3v) is 3.81. The molecule has 98 valence electrons. The highest BCUT2D eigenvalue weighted by atomic mass is 32.2. The van der Waals surface area contributed by atoms with Crippen LogP contribution in [0, 0.1) is 6.92 Å². The Kier molecular flexibility index (Phi) is 4.22. The van der Waals surface area contributed by atoms with Gasteiger partial charge in [0.05, 0.1) is 0 Å². The first-order chi connectivity index (χ1) is 9.14. The van der Waals surface area contributed by atoms with Crippen molar-refractivity contribution in [2.24, 2.45) is 0 Å². The van der Waals surface area contributed by atoms with Crippen molar-refractivity contribution in [3.05, 3.63) is 65.7 Å². The van der Waals surface area contributed by atoms with E-state index < -0.39 is 5.12 Å². The van der Waals surface area contributed by atoms with Gasteiger partial charge in [-0.25, -0.2) is 4.39 Å². The van der Waals surface area contributed by atoms with E-state index in [1.807, 2.05) is 31.2 Å². The number of hydrogen-bond donors (Lipinski definition) is 1. The smallest absolute Gasteiger partial charge is 0.260 e. The maximum atomic E-state index is 14.9. The van der Waals surface area contributed by atoms with Gasteiger partial charge in [-0.1, -0.05) is 59.8 Å². The second-order valence-corrected chi connectivity index (χ2v) is 5.38. The lowest BCUT2D eigenvalue weighted by atomic mass is 10.2. The SMILES string of the molecule is Cc1ccc(SC(F)(NC=O)c2ccccc2)cc1. The molecule has 0 bridgehead atoms. The summed E-state index contributed by atoms with van der Waals surface area (Å²) in [5, 5.41) is 0.294. The Hall–Kier alpha value is -1.81. The summed E-state index contributed by atoms with van der Waals surface area (Å²) in [5.74, 6) is 0. The minimum absolute atomic E-state index is 0.383. The molecule has 19 heavy (non-hydrogen) atoms. The maximum Gasteiger partial charge on any atom is 0.260 e. The molecule has 0 saturated carbocycles. The van der Waals surface area contributed by atoms with E-state index in [0.717, 1.165) is 22.2 Å². The fraction of sp³-hybridized carbons (Fsp3) is 0.133. The van der Waals surface area contributed by atoms with Crippen LogP contribution < -0.4 is 5.32 Å². The van der Waals surface area contributed by atoms with E-state index in [2.05, 4.69) is 5.32 Å². The molecular formula is C15H14FNOS. The average molecular weight is 275 g/mol. The highest BCUT2D eigenvalue weighted by Gasteiger charge is 2.32. The van der Waals surface area contributed by atoms with Gasteiger partial charge in [0.2, 0.25) is 6.41 Å². The van der Waals surface area contributed by atoms with Crippen LogP contribution in [0.15, 0.2) is 59.5 Å². The van der Waals surface area contributed by atoms with E-state index in [1.54, 1.807) is 30.3 Å². The highest BCUT2D eigenvalue weighted by molar-refractivity contribution is 8.00. The highest BCUT2D eigenvalue weighted by Crippen LogP contribution is 2.40. The predicted molar refractivity (Wildman–Crippen MR) is 75.5 cm³/mol. The summed E-state index contributed by atoms with van der Waals surface area (Å²) in [6, 6.07) is 16.1. The van der Waals surface area contributed by atoms with Crippen molar-refractivity contribution < 1.29 is 9.18 Å². The fourth-order valence-corrected chi connectivity index (χ4v) is 2.63. The van der Waals surface area contributed by atoms with Crippen molar-refractivity contribution >= 4 is 18.2 Å². The molecule has 0 aliphatic heterocycles. The van der Waals surface area contributed by atoms with Gasteiger partial charge in [-0.05, 0) is 19.1 Å². The molecule has 2 aromatic carbocycles. The van der Waals surface area contributed by atoms with Crippen LogP contribution in [0.2, 0.25) is 0 Å². The minimum atomic E-state index is -1.96. The molecule has 0 aromatic heterocycles. The first-order valence-corrected chi connectivity index (χ1v) is 6.67. The first kappa shape index (κ1) is 13.6. The molecule has 2 rings (SSSR count). The second kappa shape index (κ2) is 5.89. The number of thioether (sulfide) groups is 1. The Morgan fingerprint density at radius 1 is 1.11 bits per heavy atom. The molecule has 0 aliphatic carbocycles. The Morgan fingerprint density at radius 3 is 2.32 bits per heavy atom. The number of benzene rings is 2. The lowest BCUT2D eigenvalue weighted by molar-refractivity contribution is -0.111. The van der Waals surface area contributed by atoms with Crippen LogP contribution in [0.3, 0.4) is 0 Å². The van der Waals surface area contributed by atoms with E-state index in [4.69, 9.17) is 0 Å². The first-order valence-electron chi connectivity index (χ1n) is 5.85. The number of carbonyl (C=O) groups excluding carboxylic acids is 1. The number of aryl methyl sites for hydroxylation is 1. The summed E-state index contributed by atoms with van der Waals surface area (Å²) in [5.41, 5.74) is 1.52. The van der Waals surface area contributed by atoms with Crippen molar-refractivity contribution in [1.29, 1.82) is 0 Å². The van der Waals surface area contributed by atoms with Crippen LogP contribution in [-0.4, -0.2) is 6.41 Å². The van der Waals surface area contributed by atoms with Crippen LogP contribution in [0.5, 0.6) is 0 Å². The van der Waals surface area contributed by atoms with E-state index >= 15 is 0 Å². The number of alkyl halides is 1. The van der Waals surface area contributed by atoms with Crippen LogP contribution in [0.25, 0.3) is 0 Å². The Labute approximate surface area is 116 Å². The van der Waals surface area contributed by atoms with Crippen molar-refractivity contribution in [1.82, 2.24) is 5.32 Å². The van der Waals surface area contributed by atoms with E-state index in [9.17, 15) is 9.18 Å². The average Bonchev–Trinajstić information content (AvgIpc) is 2.43. The lowest BCUT2D eigenvalue weighted by Crippen LogP contribution is -2.33. The predicted octanol–water partition coefficient (Wildman–Crippen LogP) is 3.61. The summed E-state index contributed by atoms with van der Waals surface area (Å²) < 4.78 is 14.9. The standard InChI is InChI=1S/C15H14FNOS/c1-12-7-9-14(10-8-12)19-15(16,17-11-18)13-5-3-2-4-6-13/h2-11H,1H3,(H,17,18). The Morgan fingerprint density at radius 2 is 1.74 bits per heavy atom. The van der Waals surface area contributed by atoms with Crippen LogP contribution in [0.4, 0.5) is 4.39 Å². The largest absolute Gasteiger partial charge is 0.314 e. The zero-order valence-corrected chi connectivity index (χ0v) is 11.3. The van der Waals surface area contributed by atoms with Crippen molar-refractivity contribution in [2.75, 3.05) is 0 Å². The molecule has 1 atom stereocenters. The maximum absolute atomic E-state index is 14.9. The number of amides is 1. The van der Waals surface area contributed by atoms with Crippen LogP contribution >= 0.6 is 11.8 Å². The molecule has 0 aliphatic rings. The lowest BCUT2D eigenvalue weighted by Gasteiger charge is -2.24. The zero-order valence-electron chi connectivity index (χ0n) is 10.5. The molecular weight excluding hydrogens is 261 g/mol. The summed E-state index contributed by atoms with van der Waals surface area (Å²) in [7, 11) is 0. The number of hydrogen-bond acceptors (Lipinski definition) is 2. The Balaban J connectivity index is 2.29. The summed E-state index contributed by atoms with van der Waals surface area (Å²) in [6.45, 7) is 1.97. The van der Waals surface area contributed by atoms with Gasteiger partial charge in [0.15, 0.2) is 0 Å². The van der Waals surface area contributed by atoms with Gasteiger partial charge in [-0.2, -0.15) is 0 Å². The topological polar surface area (TPSA) is 29.1 Å². The molecule has 1 amide bonds. The number of halogens is 1. The number of rotatable bonds is 5. The summed E-state index contributed by atoms with van der Waals surface area (Å²) >= 11 is 0.968. The van der Waals surface area contributed by atoms with Crippen molar-refractivity contribution in [3.63, 3.8) is 0 Å². The van der Waals surface area contributed by atoms with Gasteiger partial charge in [0.25, 0.3) is 5.12 Å². The third kappa shape index (κ3) is 3.35. The van der Waals surface area contributed by atoms with Gasteiger partial charge >= 0.3 is 0 Å². The number of carbonyl (C=O) groups is 1. The zero-order chi connectivity index (χ0) is 13.7. The fourth-order valence-electron chi connectivity index (χ4n) is 1.67. The summed E-state index contributed by atoms with van der Waals surface area (Å²) in [6.07, 6.45) is 0.383. The van der Waals surface area contributed by atoms with Gasteiger partial charge < -0.3 is 5.32 Å². The van der Waals surface area contributed by atoms with E-state index in [-0.39, 0.29) is 0 Å². The van der Waals surface area contributed by atoms with Crippen molar-refractivity contribution in [3.8, 4) is 0 Å². The monoisotopic (exact) mass is 275 g/mol. The second-order valence-electron chi connectivity index (χ2n) is 4.14. The van der Waals surface area contributed by atoms with E-state index in [0.29, 0.717) is 12.0 Å². The molecule has 0 radical (unpaired) electrons. The molecule has 2 aromatic rings. The van der Waals surface area contributed by atoms with Crippen molar-refractivity contribution in [2.45, 2.75) is 16.9 Å². The third-order valence-electron chi connectivity index (χ3n) is 2.67. The van der Waals surface area contributed by atoms with Crippen LogP contribution in [0.1, 0.15) is 11.1 Å². The molecule has 0 heterocycles.